The molecule has 16 rings (SSSR count). The average molecular weight is 2040 g/mol. The zero-order valence-corrected chi connectivity index (χ0v) is 86.2. The molecule has 4 aliphatic rings. The van der Waals surface area contributed by atoms with E-state index in [0.717, 1.165) is 195 Å². The molecule has 726 valence electrons. The van der Waals surface area contributed by atoms with Gasteiger partial charge in [0.25, 0.3) is 30.1 Å². The number of fused-ring (bicyclic) bond motifs is 3. The third-order valence-electron chi connectivity index (χ3n) is 24.5. The average Bonchev–Trinajstić information content (AvgIpc) is 0.914. The van der Waals surface area contributed by atoms with Crippen molar-refractivity contribution in [3.05, 3.63) is 235 Å². The fourth-order valence-electron chi connectivity index (χ4n) is 17.0. The van der Waals surface area contributed by atoms with Crippen molar-refractivity contribution in [1.82, 2.24) is 40.5 Å². The molecule has 1 unspecified atom stereocenters. The summed E-state index contributed by atoms with van der Waals surface area (Å²) in [4.78, 5) is 52.8. The van der Waals surface area contributed by atoms with Crippen LogP contribution in [0.2, 0.25) is 15.1 Å². The maximum absolute atomic E-state index is 12.9. The van der Waals surface area contributed by atoms with Gasteiger partial charge in [0.15, 0.2) is 0 Å². The number of nitrogens with two attached hydrogens (primary N) is 1. The third-order valence-corrected chi connectivity index (χ3v) is 31.0. The van der Waals surface area contributed by atoms with Gasteiger partial charge in [0, 0.05) is 92.5 Å². The van der Waals surface area contributed by atoms with Crippen molar-refractivity contribution < 1.29 is 53.6 Å². The van der Waals surface area contributed by atoms with E-state index < -0.39 is 41.3 Å². The van der Waals surface area contributed by atoms with E-state index in [9.17, 15) is 34.8 Å². The second-order valence-electron chi connectivity index (χ2n) is 37.8. The Morgan fingerprint density at radius 2 is 0.788 bits per heavy atom. The lowest BCUT2D eigenvalue weighted by atomic mass is 9.77. The summed E-state index contributed by atoms with van der Waals surface area (Å²) in [5.74, 6) is 1.90. The van der Waals surface area contributed by atoms with Gasteiger partial charge < -0.3 is 51.1 Å². The van der Waals surface area contributed by atoms with E-state index >= 15 is 0 Å². The molecule has 12 aromatic rings. The monoisotopic (exact) mass is 2040 g/mol. The van der Waals surface area contributed by atoms with Gasteiger partial charge >= 0.3 is 19.3 Å². The zero-order valence-electron chi connectivity index (χ0n) is 79.9. The molecule has 2 amide bonds. The smallest absolute Gasteiger partial charge is 0.444 e. The van der Waals surface area contributed by atoms with Gasteiger partial charge in [-0.15, -0.1) is 0 Å². The highest BCUT2D eigenvalue weighted by Crippen LogP contribution is 2.38. The number of hydrogen-bond acceptors (Lipinski definition) is 22. The number of nitrogens with one attached hydrogen (secondary N) is 8. The lowest BCUT2D eigenvalue weighted by molar-refractivity contribution is 0.0480. The maximum Gasteiger partial charge on any atom is 0.494 e. The number of carbonyl (C=O) groups excluding carboxylic acids is 2. The molecule has 1 aliphatic heterocycles. The number of benzene rings is 9. The molecular weight excluding hydrogens is 1920 g/mol. The van der Waals surface area contributed by atoms with Crippen LogP contribution in [-0.2, 0) is 68.1 Å². The Kier molecular flexibility index (Phi) is 33.9. The minimum atomic E-state index is -3.83. The molecule has 0 bridgehead atoms. The van der Waals surface area contributed by atoms with Crippen LogP contribution in [0.25, 0.3) is 55.0 Å². The van der Waals surface area contributed by atoms with E-state index in [-0.39, 0.29) is 84.9 Å². The van der Waals surface area contributed by atoms with E-state index in [1.54, 1.807) is 84.9 Å². The van der Waals surface area contributed by atoms with Gasteiger partial charge in [-0.1, -0.05) is 132 Å². The second kappa shape index (κ2) is 44.7. The first-order chi connectivity index (χ1) is 64.9. The summed E-state index contributed by atoms with van der Waals surface area (Å²) < 4.78 is 108. The number of hydrogen-bond donors (Lipinski definition) is 9. The molecule has 27 nitrogen and oxygen atoms in total. The molecule has 1 atom stereocenters. The van der Waals surface area contributed by atoms with E-state index in [4.69, 9.17) is 74.3 Å². The summed E-state index contributed by atoms with van der Waals surface area (Å²) in [7, 11) is -11.7. The van der Waals surface area contributed by atoms with Crippen LogP contribution in [-0.4, -0.2) is 134 Å². The van der Waals surface area contributed by atoms with Crippen LogP contribution >= 0.6 is 50.7 Å². The largest absolute Gasteiger partial charge is 0.494 e. The molecule has 10 N–H and O–H groups in total. The minimum Gasteiger partial charge on any atom is -0.444 e. The van der Waals surface area contributed by atoms with Gasteiger partial charge in [-0.25, -0.2) is 64.7 Å². The number of aryl methyl sites for hydroxylation is 6. The zero-order chi connectivity index (χ0) is 98.6. The number of carbonyl (C=O) groups is 2. The molecule has 3 aromatic heterocycles. The summed E-state index contributed by atoms with van der Waals surface area (Å²) in [5.41, 5.74) is 20.2. The van der Waals surface area contributed by atoms with Gasteiger partial charge in [0.2, 0.25) is 17.8 Å². The summed E-state index contributed by atoms with van der Waals surface area (Å²) in [6.07, 6.45) is 18.7. The summed E-state index contributed by atoms with van der Waals surface area (Å²) in [6.45, 7) is 29.5. The van der Waals surface area contributed by atoms with Gasteiger partial charge in [0.1, 0.15) is 25.9 Å². The molecule has 9 aromatic carbocycles. The normalized spacial score (nSPS) is 18.4. The summed E-state index contributed by atoms with van der Waals surface area (Å²) in [5, 5.41) is 19.9. The lowest BCUT2D eigenvalue weighted by Gasteiger charge is -2.30. The first-order valence-corrected chi connectivity index (χ1v) is 52.8. The molecule has 0 radical (unpaired) electrons. The Bertz CT molecular complexity index is 6740. The summed E-state index contributed by atoms with van der Waals surface area (Å²) >= 11 is 21.5. The van der Waals surface area contributed by atoms with Crippen LogP contribution in [0.1, 0.15) is 194 Å². The molecule has 4 fully saturated rings. The first-order valence-electron chi connectivity index (χ1n) is 46.4. The highest BCUT2D eigenvalue weighted by Gasteiger charge is 2.44. The minimum absolute atomic E-state index is 0.0190. The van der Waals surface area contributed by atoms with Gasteiger partial charge in [-0.3, -0.25) is 14.2 Å². The van der Waals surface area contributed by atoms with Crippen LogP contribution in [0, 0.1) is 20.8 Å². The number of rotatable bonds is 23. The predicted molar refractivity (Wildman–Crippen MR) is 556 cm³/mol. The summed E-state index contributed by atoms with van der Waals surface area (Å²) in [6, 6.07) is 49.4. The highest BCUT2D eigenvalue weighted by molar-refractivity contribution is 9.10. The van der Waals surface area contributed by atoms with Crippen LogP contribution in [0.15, 0.2) is 202 Å². The number of alkyl carbamates (subject to hydrolysis) is 2. The molecule has 137 heavy (non-hydrogen) atoms. The fraction of sp³-hybridized carbons (Fsp3) is 0.392. The molecule has 35 heteroatoms. The SMILES string of the molecule is CCc1cc(-c2ccc(NS(=O)(=O)c3ccccc3Cl)cc2C)cc2cnc(NC3CCC(N)CC3)nc12.CCc1cc(-c2ccc(NS(=O)(=O)c3ccccc3Cl)cc2C)cc2cnc(NC3CCC(NC(=O)OC(C)(C)C)CC3)nc12.CCc1cc(B2OC(C)C(C)(C)O2)cc2cnc(NC3CCC(NC(=O)OC(C)(C)C)CC3)nc12.Cc1cc(NS(=O)(=O)c2ccccc2Cl)ccc1Br. The topological polar surface area (TPSA) is 373 Å². The Morgan fingerprint density at radius 3 is 1.12 bits per heavy atom. The van der Waals surface area contributed by atoms with Crippen LogP contribution < -0.4 is 51.9 Å². The van der Waals surface area contributed by atoms with Crippen molar-refractivity contribution in [2.75, 3.05) is 30.1 Å². The fourth-order valence-corrected chi connectivity index (χ4v) is 22.0. The Hall–Kier alpha value is -10.5. The van der Waals surface area contributed by atoms with E-state index in [1.165, 1.54) is 18.2 Å². The van der Waals surface area contributed by atoms with E-state index in [2.05, 4.69) is 143 Å². The van der Waals surface area contributed by atoms with Crippen molar-refractivity contribution in [2.24, 2.45) is 5.73 Å². The lowest BCUT2D eigenvalue weighted by Crippen LogP contribution is -2.42. The predicted octanol–water partition coefficient (Wildman–Crippen LogP) is 22.7. The number of sulfonamides is 3. The molecular formula is C102H122BBrCl3N15O12S3. The standard InChI is InChI=1S/C34H40ClN5O4S.C29H32ClN5O2S.C26H39BN4O4.C13H11BrClNO2S/c1-6-22-18-23(28-16-15-27(17-21(28)2)40-45(42,43)30-10-8-7-9-29(30)35)19-24-20-36-32(39-31(22)24)37-25-11-13-26(14-12-25)38-33(41)44-34(3,4)5;1-3-19-15-20(16-21-17-32-29(34-28(19)21)33-23-10-8-22(31)9-11-23)25-13-12-24(14-18(25)2)35-38(36,37)27-7-5-4-6-26(27)30;1-8-17-13-19(27-34-16(2)26(6,7)35-27)14-18-15-28-23(31-22(17)18)29-20-9-11-21(12-10-20)30-24(32)33-25(3,4)5;1-9-8-10(6-7-11(9)14)16-19(17,18)13-5-3-2-4-12(13)15/h7-10,15-20,25-26,40H,6,11-14H2,1-5H3,(H,38,41)(H,36,37,39);4-7,12-17,22-23,35H,3,8-11,31H2,1-2H3,(H,32,33,34);13-16,20-21H,8-12H2,1-7H3,(H,30,32)(H,28,29,31);2-8,16H,1H3. The van der Waals surface area contributed by atoms with Crippen molar-refractivity contribution in [2.45, 2.75) is 274 Å². The van der Waals surface area contributed by atoms with Gasteiger partial charge in [0.05, 0.1) is 43.3 Å². The van der Waals surface area contributed by atoms with Gasteiger partial charge in [-0.05, 0) is 344 Å². The number of aromatic nitrogens is 6. The molecule has 3 saturated carbocycles. The molecule has 4 heterocycles. The number of amides is 2. The van der Waals surface area contributed by atoms with Crippen LogP contribution in [0.5, 0.6) is 0 Å². The number of ether oxygens (including phenoxy) is 2. The Morgan fingerprint density at radius 1 is 0.460 bits per heavy atom. The number of nitrogens with zero attached hydrogens (tertiary/aromatic N) is 6. The maximum atomic E-state index is 12.9. The highest BCUT2D eigenvalue weighted by atomic mass is 79.9. The first kappa shape index (κ1) is 104. The van der Waals surface area contributed by atoms with Crippen LogP contribution in [0.4, 0.5) is 44.5 Å². The molecule has 0 spiro atoms. The van der Waals surface area contributed by atoms with Crippen molar-refractivity contribution in [3.63, 3.8) is 0 Å². The van der Waals surface area contributed by atoms with E-state index in [0.29, 0.717) is 47.0 Å². The number of halogens is 4. The third kappa shape index (κ3) is 27.8. The quantitative estimate of drug-likeness (QED) is 0.0269. The van der Waals surface area contributed by atoms with Gasteiger partial charge in [-0.2, -0.15) is 0 Å². The molecule has 1 saturated heterocycles. The molecule has 3 aliphatic carbocycles. The Balaban J connectivity index is 0.000000160. The van der Waals surface area contributed by atoms with Crippen LogP contribution in [0.3, 0.4) is 0 Å². The number of anilines is 6. The van der Waals surface area contributed by atoms with Crippen molar-refractivity contribution >= 4 is 173 Å². The van der Waals surface area contributed by atoms with Crippen molar-refractivity contribution in [1.29, 1.82) is 0 Å². The van der Waals surface area contributed by atoms with Crippen molar-refractivity contribution in [3.8, 4) is 22.3 Å². The second-order valence-corrected chi connectivity index (χ2v) is 44.8. The Labute approximate surface area is 828 Å². The van der Waals surface area contributed by atoms with E-state index in [1.807, 2.05) is 112 Å².